The van der Waals surface area contributed by atoms with Gasteiger partial charge in [-0.15, -0.1) is 0 Å². The Hall–Kier alpha value is -3.48. The average Bonchev–Trinajstić information content (AvgIpc) is 2.66. The van der Waals surface area contributed by atoms with Gasteiger partial charge < -0.3 is 14.4 Å². The van der Waals surface area contributed by atoms with Crippen molar-refractivity contribution in [3.63, 3.8) is 0 Å². The minimum atomic E-state index is -1.29. The number of carbonyl (C=O) groups is 2. The zero-order chi connectivity index (χ0) is 20.1. The van der Waals surface area contributed by atoms with Crippen LogP contribution in [0.15, 0.2) is 71.1 Å². The summed E-state index contributed by atoms with van der Waals surface area (Å²) >= 11 is 0. The summed E-state index contributed by atoms with van der Waals surface area (Å²) in [6, 6.07) is 14.2. The van der Waals surface area contributed by atoms with Crippen molar-refractivity contribution in [3.8, 4) is 0 Å². The first-order valence-electron chi connectivity index (χ1n) is 8.74. The van der Waals surface area contributed by atoms with Gasteiger partial charge in [0.2, 0.25) is 0 Å². The van der Waals surface area contributed by atoms with E-state index in [2.05, 4.69) is 10.2 Å². The molecule has 0 spiro atoms. The van der Waals surface area contributed by atoms with Gasteiger partial charge in [0, 0.05) is 32.8 Å². The SMILES string of the molecule is CN(C)c1ccc(N=Nc2ccc(C(=O)OC3(C)CC(=O)C=CO3)cc2)cc1. The normalized spacial score (nSPS) is 18.8. The number of azo groups is 1. The van der Waals surface area contributed by atoms with E-state index in [1.54, 1.807) is 31.2 Å². The van der Waals surface area contributed by atoms with Crippen molar-refractivity contribution >= 4 is 28.8 Å². The van der Waals surface area contributed by atoms with E-state index in [0.717, 1.165) is 11.4 Å². The van der Waals surface area contributed by atoms with Gasteiger partial charge in [0.15, 0.2) is 5.78 Å². The Morgan fingerprint density at radius 2 is 1.61 bits per heavy atom. The quantitative estimate of drug-likeness (QED) is 0.563. The van der Waals surface area contributed by atoms with Crippen LogP contribution in [-0.4, -0.2) is 31.6 Å². The van der Waals surface area contributed by atoms with Crippen LogP contribution in [0.1, 0.15) is 23.7 Å². The lowest BCUT2D eigenvalue weighted by Crippen LogP contribution is -2.37. The van der Waals surface area contributed by atoms with Crippen molar-refractivity contribution in [1.29, 1.82) is 0 Å². The Bertz CT molecular complexity index is 918. The van der Waals surface area contributed by atoms with E-state index in [9.17, 15) is 9.59 Å². The number of hydrogen-bond acceptors (Lipinski definition) is 7. The maximum Gasteiger partial charge on any atom is 0.341 e. The van der Waals surface area contributed by atoms with Crippen LogP contribution in [0.4, 0.5) is 17.1 Å². The second-order valence-electron chi connectivity index (χ2n) is 6.74. The number of rotatable bonds is 5. The molecular weight excluding hydrogens is 358 g/mol. The van der Waals surface area contributed by atoms with Crippen molar-refractivity contribution in [1.82, 2.24) is 0 Å². The summed E-state index contributed by atoms with van der Waals surface area (Å²) in [7, 11) is 3.94. The molecule has 1 aliphatic heterocycles. The van der Waals surface area contributed by atoms with Crippen molar-refractivity contribution in [2.24, 2.45) is 10.2 Å². The molecule has 144 valence electrons. The molecule has 0 saturated carbocycles. The monoisotopic (exact) mass is 379 g/mol. The predicted molar refractivity (Wildman–Crippen MR) is 105 cm³/mol. The molecule has 1 unspecified atom stereocenters. The summed E-state index contributed by atoms with van der Waals surface area (Å²) in [6.07, 6.45) is 2.53. The molecule has 1 atom stereocenters. The molecule has 0 aromatic heterocycles. The highest BCUT2D eigenvalue weighted by molar-refractivity contribution is 5.92. The van der Waals surface area contributed by atoms with Crippen molar-refractivity contribution in [3.05, 3.63) is 66.4 Å². The van der Waals surface area contributed by atoms with E-state index in [1.165, 1.54) is 12.3 Å². The molecule has 0 aliphatic carbocycles. The molecule has 0 saturated heterocycles. The number of esters is 1. The molecule has 7 nitrogen and oxygen atoms in total. The smallest absolute Gasteiger partial charge is 0.341 e. The van der Waals surface area contributed by atoms with Gasteiger partial charge in [0.1, 0.15) is 0 Å². The Kier molecular flexibility index (Phi) is 5.54. The van der Waals surface area contributed by atoms with Crippen molar-refractivity contribution in [2.45, 2.75) is 19.1 Å². The summed E-state index contributed by atoms with van der Waals surface area (Å²) in [6.45, 7) is 1.55. The lowest BCUT2D eigenvalue weighted by Gasteiger charge is -2.29. The molecule has 0 fully saturated rings. The fourth-order valence-corrected chi connectivity index (χ4v) is 2.58. The number of nitrogens with zero attached hydrogens (tertiary/aromatic N) is 3. The molecule has 1 heterocycles. The van der Waals surface area contributed by atoms with Crippen LogP contribution in [0.5, 0.6) is 0 Å². The number of benzene rings is 2. The van der Waals surface area contributed by atoms with Crippen molar-refractivity contribution in [2.75, 3.05) is 19.0 Å². The molecule has 0 amide bonds. The molecule has 0 radical (unpaired) electrons. The number of ketones is 1. The van der Waals surface area contributed by atoms with E-state index in [4.69, 9.17) is 9.47 Å². The summed E-state index contributed by atoms with van der Waals surface area (Å²) in [4.78, 5) is 25.8. The molecule has 0 bridgehead atoms. The maximum atomic E-state index is 12.3. The first-order chi connectivity index (χ1) is 13.3. The Labute approximate surface area is 163 Å². The highest BCUT2D eigenvalue weighted by atomic mass is 16.7. The number of ether oxygens (including phenoxy) is 2. The second-order valence-corrected chi connectivity index (χ2v) is 6.74. The summed E-state index contributed by atoms with van der Waals surface area (Å²) in [5, 5.41) is 8.36. The van der Waals surface area contributed by atoms with E-state index >= 15 is 0 Å². The highest BCUT2D eigenvalue weighted by Gasteiger charge is 2.35. The maximum absolute atomic E-state index is 12.3. The number of carbonyl (C=O) groups excluding carboxylic acids is 2. The largest absolute Gasteiger partial charge is 0.459 e. The van der Waals surface area contributed by atoms with E-state index < -0.39 is 11.8 Å². The second kappa shape index (κ2) is 8.04. The predicted octanol–water partition coefficient (Wildman–Crippen LogP) is 4.54. The van der Waals surface area contributed by atoms with Crippen LogP contribution in [0.2, 0.25) is 0 Å². The Morgan fingerprint density at radius 3 is 2.14 bits per heavy atom. The van der Waals surface area contributed by atoms with Crippen LogP contribution in [0.3, 0.4) is 0 Å². The zero-order valence-corrected chi connectivity index (χ0v) is 16.0. The standard InChI is InChI=1S/C21H21N3O4/c1-21(14-19(25)12-13-27-21)28-20(26)15-4-6-16(7-5-15)22-23-17-8-10-18(11-9-17)24(2)3/h4-13H,14H2,1-3H3. The molecule has 2 aromatic carbocycles. The number of anilines is 1. The average molecular weight is 379 g/mol. The zero-order valence-electron chi connectivity index (χ0n) is 16.0. The van der Waals surface area contributed by atoms with Gasteiger partial charge in [-0.25, -0.2) is 4.79 Å². The Morgan fingerprint density at radius 1 is 1.04 bits per heavy atom. The fourth-order valence-electron chi connectivity index (χ4n) is 2.58. The van der Waals surface area contributed by atoms with Gasteiger partial charge >= 0.3 is 5.97 Å². The summed E-state index contributed by atoms with van der Waals surface area (Å²) in [5.74, 6) is -2.02. The van der Waals surface area contributed by atoms with Gasteiger partial charge in [0.25, 0.3) is 5.79 Å². The van der Waals surface area contributed by atoms with Gasteiger partial charge in [-0.1, -0.05) is 0 Å². The third-order valence-corrected chi connectivity index (χ3v) is 4.13. The Balaban J connectivity index is 1.63. The first-order valence-corrected chi connectivity index (χ1v) is 8.74. The summed E-state index contributed by atoms with van der Waals surface area (Å²) in [5.41, 5.74) is 2.75. The fraction of sp³-hybridized carbons (Fsp3) is 0.238. The van der Waals surface area contributed by atoms with Crippen LogP contribution in [0.25, 0.3) is 0 Å². The summed E-state index contributed by atoms with van der Waals surface area (Å²) < 4.78 is 10.6. The third-order valence-electron chi connectivity index (χ3n) is 4.13. The molecule has 1 aliphatic rings. The molecule has 3 rings (SSSR count). The van der Waals surface area contributed by atoms with Gasteiger partial charge in [-0.05, 0) is 48.5 Å². The van der Waals surface area contributed by atoms with Gasteiger partial charge in [-0.2, -0.15) is 10.2 Å². The lowest BCUT2D eigenvalue weighted by molar-refractivity contribution is -0.171. The van der Waals surface area contributed by atoms with Crippen LogP contribution < -0.4 is 4.90 Å². The van der Waals surface area contributed by atoms with Crippen LogP contribution in [-0.2, 0) is 14.3 Å². The molecule has 0 N–H and O–H groups in total. The minimum Gasteiger partial charge on any atom is -0.459 e. The van der Waals surface area contributed by atoms with Gasteiger partial charge in [-0.3, -0.25) is 4.79 Å². The van der Waals surface area contributed by atoms with Crippen LogP contribution >= 0.6 is 0 Å². The number of hydrogen-bond donors (Lipinski definition) is 0. The molecule has 28 heavy (non-hydrogen) atoms. The van der Waals surface area contributed by atoms with E-state index in [-0.39, 0.29) is 12.2 Å². The third kappa shape index (κ3) is 4.82. The molecule has 7 heteroatoms. The minimum absolute atomic E-state index is 0.0197. The topological polar surface area (TPSA) is 80.6 Å². The van der Waals surface area contributed by atoms with E-state index in [0.29, 0.717) is 11.3 Å². The lowest BCUT2D eigenvalue weighted by atomic mass is 10.1. The highest BCUT2D eigenvalue weighted by Crippen LogP contribution is 2.25. The molecule has 2 aromatic rings. The van der Waals surface area contributed by atoms with E-state index in [1.807, 2.05) is 43.3 Å². The van der Waals surface area contributed by atoms with Crippen LogP contribution in [0, 0.1) is 0 Å². The number of allylic oxidation sites excluding steroid dienone is 1. The molecular formula is C21H21N3O4. The van der Waals surface area contributed by atoms with Gasteiger partial charge in [0.05, 0.1) is 29.6 Å². The van der Waals surface area contributed by atoms with Crippen molar-refractivity contribution < 1.29 is 19.1 Å². The first kappa shape index (κ1) is 19.3.